The van der Waals surface area contributed by atoms with E-state index in [1.54, 1.807) is 13.8 Å². The number of piperidine rings is 1. The van der Waals surface area contributed by atoms with E-state index in [1.165, 1.54) is 4.31 Å². The molecule has 1 saturated heterocycles. The van der Waals surface area contributed by atoms with Crippen LogP contribution in [0.5, 0.6) is 0 Å². The number of aryl methyl sites for hydroxylation is 1. The maximum atomic E-state index is 12.6. The van der Waals surface area contributed by atoms with Gasteiger partial charge in [0.25, 0.3) is 10.0 Å². The van der Waals surface area contributed by atoms with E-state index < -0.39 is 28.0 Å². The summed E-state index contributed by atoms with van der Waals surface area (Å²) in [5.41, 5.74) is 0.619. The van der Waals surface area contributed by atoms with Crippen molar-refractivity contribution in [1.29, 1.82) is 0 Å². The van der Waals surface area contributed by atoms with E-state index >= 15 is 0 Å². The fourth-order valence-electron chi connectivity index (χ4n) is 2.35. The van der Waals surface area contributed by atoms with E-state index in [1.807, 2.05) is 0 Å². The lowest BCUT2D eigenvalue weighted by Gasteiger charge is -2.35. The summed E-state index contributed by atoms with van der Waals surface area (Å²) in [5.74, 6) is -1.61. The van der Waals surface area contributed by atoms with Crippen molar-refractivity contribution in [2.75, 3.05) is 6.54 Å². The van der Waals surface area contributed by atoms with Crippen molar-refractivity contribution >= 4 is 43.3 Å². The Labute approximate surface area is 130 Å². The van der Waals surface area contributed by atoms with Gasteiger partial charge in [-0.3, -0.25) is 4.79 Å². The molecule has 0 radical (unpaired) electrons. The number of aromatic nitrogens is 1. The molecule has 0 spiro atoms. The van der Waals surface area contributed by atoms with Crippen LogP contribution in [-0.2, 0) is 14.8 Å². The van der Waals surface area contributed by atoms with Crippen molar-refractivity contribution in [2.24, 2.45) is 5.92 Å². The molecular formula is C11H15BrN2O4S2. The number of nitrogens with zero attached hydrogens (tertiary/aromatic N) is 2. The van der Waals surface area contributed by atoms with E-state index in [0.717, 1.165) is 11.3 Å². The summed E-state index contributed by atoms with van der Waals surface area (Å²) in [4.78, 5) is 15.2. The van der Waals surface area contributed by atoms with E-state index in [4.69, 9.17) is 5.11 Å². The lowest BCUT2D eigenvalue weighted by atomic mass is 9.92. The second-order valence-electron chi connectivity index (χ2n) is 4.78. The highest BCUT2D eigenvalue weighted by molar-refractivity contribution is 9.11. The van der Waals surface area contributed by atoms with Crippen LogP contribution in [0.3, 0.4) is 0 Å². The Morgan fingerprint density at radius 3 is 2.70 bits per heavy atom. The molecule has 1 fully saturated rings. The van der Waals surface area contributed by atoms with Gasteiger partial charge < -0.3 is 5.11 Å². The third kappa shape index (κ3) is 2.76. The van der Waals surface area contributed by atoms with Crippen molar-refractivity contribution < 1.29 is 18.3 Å². The van der Waals surface area contributed by atoms with Gasteiger partial charge >= 0.3 is 5.97 Å². The molecule has 1 aliphatic heterocycles. The standard InChI is InChI=1S/C11H15BrN2O4S2/c1-6-9(12)19-11(13-6)20(17,18)14-5-3-4-8(7(14)2)10(15)16/h7-8H,3-5H2,1-2H3,(H,15,16)/t7-,8-/m1/s1. The zero-order valence-corrected chi connectivity index (χ0v) is 14.3. The highest BCUT2D eigenvalue weighted by Gasteiger charge is 2.40. The van der Waals surface area contributed by atoms with E-state index in [2.05, 4.69) is 20.9 Å². The van der Waals surface area contributed by atoms with Crippen molar-refractivity contribution in [3.05, 3.63) is 9.48 Å². The number of carbonyl (C=O) groups is 1. The Hall–Kier alpha value is -0.510. The molecule has 9 heteroatoms. The minimum atomic E-state index is -3.73. The highest BCUT2D eigenvalue weighted by Crippen LogP contribution is 2.33. The minimum absolute atomic E-state index is 0.0137. The van der Waals surface area contributed by atoms with Gasteiger partial charge in [-0.05, 0) is 42.6 Å². The maximum absolute atomic E-state index is 12.6. The molecule has 0 aliphatic carbocycles. The third-order valence-electron chi connectivity index (χ3n) is 3.50. The van der Waals surface area contributed by atoms with E-state index in [-0.39, 0.29) is 4.34 Å². The fourth-order valence-corrected chi connectivity index (χ4v) is 6.11. The number of carboxylic acids is 1. The van der Waals surface area contributed by atoms with Gasteiger partial charge in [-0.1, -0.05) is 11.3 Å². The molecule has 1 aliphatic rings. The van der Waals surface area contributed by atoms with Gasteiger partial charge in [-0.15, -0.1) is 0 Å². The molecule has 2 rings (SSSR count). The van der Waals surface area contributed by atoms with Crippen molar-refractivity contribution in [1.82, 2.24) is 9.29 Å². The first kappa shape index (κ1) is 15.9. The molecule has 112 valence electrons. The van der Waals surface area contributed by atoms with Crippen LogP contribution in [0.2, 0.25) is 0 Å². The molecule has 0 saturated carbocycles. The summed E-state index contributed by atoms with van der Waals surface area (Å²) >= 11 is 4.32. The lowest BCUT2D eigenvalue weighted by molar-refractivity contribution is -0.144. The molecular weight excluding hydrogens is 368 g/mol. The number of carboxylic acid groups (broad SMARTS) is 1. The average molecular weight is 383 g/mol. The predicted octanol–water partition coefficient (Wildman–Crippen LogP) is 2.09. The van der Waals surface area contributed by atoms with Gasteiger partial charge in [0.1, 0.15) is 0 Å². The number of hydrogen-bond donors (Lipinski definition) is 1. The second-order valence-corrected chi connectivity index (χ2v) is 9.16. The van der Waals surface area contributed by atoms with Gasteiger partial charge in [0.2, 0.25) is 4.34 Å². The van der Waals surface area contributed by atoms with Gasteiger partial charge in [0.15, 0.2) is 0 Å². The molecule has 2 atom stereocenters. The quantitative estimate of drug-likeness (QED) is 0.864. The highest BCUT2D eigenvalue weighted by atomic mass is 79.9. The molecule has 6 nitrogen and oxygen atoms in total. The zero-order valence-electron chi connectivity index (χ0n) is 11.0. The summed E-state index contributed by atoms with van der Waals surface area (Å²) in [6.45, 7) is 3.70. The largest absolute Gasteiger partial charge is 0.481 e. The smallest absolute Gasteiger partial charge is 0.308 e. The maximum Gasteiger partial charge on any atom is 0.308 e. The summed E-state index contributed by atoms with van der Waals surface area (Å²) in [7, 11) is -3.73. The van der Waals surface area contributed by atoms with E-state index in [9.17, 15) is 13.2 Å². The van der Waals surface area contributed by atoms with Crippen molar-refractivity contribution in [3.63, 3.8) is 0 Å². The SMILES string of the molecule is Cc1nc(S(=O)(=O)N2CCC[C@@H](C(=O)O)[C@H]2C)sc1Br. The summed E-state index contributed by atoms with van der Waals surface area (Å²) in [6.07, 6.45) is 1.05. The van der Waals surface area contributed by atoms with Crippen molar-refractivity contribution in [2.45, 2.75) is 37.1 Å². The predicted molar refractivity (Wildman–Crippen MR) is 78.3 cm³/mol. The minimum Gasteiger partial charge on any atom is -0.481 e. The van der Waals surface area contributed by atoms with Gasteiger partial charge in [-0.25, -0.2) is 13.4 Å². The molecule has 1 aromatic heterocycles. The monoisotopic (exact) mass is 382 g/mol. The Kier molecular flexibility index (Phi) is 4.53. The van der Waals surface area contributed by atoms with Gasteiger partial charge in [0.05, 0.1) is 15.4 Å². The molecule has 0 unspecified atom stereocenters. The number of hydrogen-bond acceptors (Lipinski definition) is 5. The molecule has 2 heterocycles. The average Bonchev–Trinajstić information content (AvgIpc) is 2.70. The molecule has 0 amide bonds. The molecule has 1 aromatic rings. The number of rotatable bonds is 3. The summed E-state index contributed by atoms with van der Waals surface area (Å²) in [6, 6.07) is -0.561. The zero-order chi connectivity index (χ0) is 15.1. The summed E-state index contributed by atoms with van der Waals surface area (Å²) < 4.78 is 27.1. The molecule has 1 N–H and O–H groups in total. The number of halogens is 1. The third-order valence-corrected chi connectivity index (χ3v) is 7.84. The Bertz CT molecular complexity index is 609. The molecule has 20 heavy (non-hydrogen) atoms. The Morgan fingerprint density at radius 1 is 1.55 bits per heavy atom. The van der Waals surface area contributed by atoms with Crippen LogP contribution in [0.4, 0.5) is 0 Å². The van der Waals surface area contributed by atoms with Crippen molar-refractivity contribution in [3.8, 4) is 0 Å². The first-order chi connectivity index (χ1) is 9.25. The topological polar surface area (TPSA) is 87.6 Å². The van der Waals surface area contributed by atoms with Crippen LogP contribution >= 0.6 is 27.3 Å². The fraction of sp³-hybridized carbons (Fsp3) is 0.636. The normalized spacial score (nSPS) is 24.8. The lowest BCUT2D eigenvalue weighted by Crippen LogP contribution is -2.48. The first-order valence-corrected chi connectivity index (χ1v) is 9.17. The number of aliphatic carboxylic acids is 1. The van der Waals surface area contributed by atoms with Gasteiger partial charge in [-0.2, -0.15) is 4.31 Å². The van der Waals surface area contributed by atoms with Gasteiger partial charge in [0, 0.05) is 12.6 Å². The molecule has 0 bridgehead atoms. The van der Waals surface area contributed by atoms with E-state index in [0.29, 0.717) is 28.9 Å². The number of thiazole rings is 1. The second kappa shape index (κ2) is 5.70. The van der Waals surface area contributed by atoms with Crippen LogP contribution in [-0.4, -0.2) is 41.4 Å². The van der Waals surface area contributed by atoms with Crippen LogP contribution in [0.15, 0.2) is 8.13 Å². The molecule has 0 aromatic carbocycles. The van der Waals surface area contributed by atoms with Crippen LogP contribution in [0.25, 0.3) is 0 Å². The Morgan fingerprint density at radius 2 is 2.20 bits per heavy atom. The Balaban J connectivity index is 2.36. The first-order valence-electron chi connectivity index (χ1n) is 6.12. The summed E-state index contributed by atoms with van der Waals surface area (Å²) in [5, 5.41) is 9.17. The van der Waals surface area contributed by atoms with Crippen LogP contribution in [0, 0.1) is 12.8 Å². The number of sulfonamides is 1. The van der Waals surface area contributed by atoms with Crippen LogP contribution < -0.4 is 0 Å². The van der Waals surface area contributed by atoms with Crippen LogP contribution in [0.1, 0.15) is 25.5 Å².